The van der Waals surface area contributed by atoms with Gasteiger partial charge >= 0.3 is 7.12 Å². The Kier molecular flexibility index (Phi) is 5.32. The number of rotatable bonds is 5. The van der Waals surface area contributed by atoms with E-state index in [4.69, 9.17) is 15.0 Å². The summed E-state index contributed by atoms with van der Waals surface area (Å²) in [5.74, 6) is -1.65. The average Bonchev–Trinajstić information content (AvgIpc) is 2.80. The zero-order valence-electron chi connectivity index (χ0n) is 16.3. The van der Waals surface area contributed by atoms with Gasteiger partial charge < -0.3 is 15.0 Å². The van der Waals surface area contributed by atoms with Crippen LogP contribution in [0.4, 0.5) is 14.5 Å². The Balaban J connectivity index is 1.85. The molecule has 2 aromatic carbocycles. The highest BCUT2D eigenvalue weighted by Crippen LogP contribution is 2.40. The van der Waals surface area contributed by atoms with Crippen molar-refractivity contribution in [2.45, 2.75) is 57.6 Å². The van der Waals surface area contributed by atoms with Crippen LogP contribution in [0.25, 0.3) is 0 Å². The molecule has 1 heterocycles. The summed E-state index contributed by atoms with van der Waals surface area (Å²) >= 11 is 0. The summed E-state index contributed by atoms with van der Waals surface area (Å²) in [7, 11) is -0.357. The highest BCUT2D eigenvalue weighted by molar-refractivity contribution is 6.45. The molecule has 27 heavy (non-hydrogen) atoms. The monoisotopic (exact) mass is 373 g/mol. The summed E-state index contributed by atoms with van der Waals surface area (Å²) in [5.41, 5.74) is 5.72. The van der Waals surface area contributed by atoms with E-state index in [-0.39, 0.29) is 13.0 Å². The molecule has 0 bridgehead atoms. The van der Waals surface area contributed by atoms with Crippen molar-refractivity contribution in [3.8, 4) is 0 Å². The van der Waals surface area contributed by atoms with Gasteiger partial charge in [-0.2, -0.15) is 0 Å². The van der Waals surface area contributed by atoms with Gasteiger partial charge in [0.1, 0.15) is 17.3 Å². The summed E-state index contributed by atoms with van der Waals surface area (Å²) in [6.45, 7) is 8.03. The number of nitrogen functional groups attached to an aromatic ring is 1. The molecule has 2 N–H and O–H groups in total. The second kappa shape index (κ2) is 7.25. The van der Waals surface area contributed by atoms with E-state index < -0.39 is 28.5 Å². The minimum atomic E-state index is -0.735. The smallest absolute Gasteiger partial charge is 0.403 e. The molecule has 6 heteroatoms. The molecule has 0 spiro atoms. The molecular weight excluding hydrogens is 347 g/mol. The molecule has 1 aliphatic heterocycles. The number of halogens is 2. The molecule has 1 atom stereocenters. The Morgan fingerprint density at radius 2 is 1.44 bits per heavy atom. The van der Waals surface area contributed by atoms with E-state index in [1.807, 2.05) is 58.0 Å². The van der Waals surface area contributed by atoms with Crippen molar-refractivity contribution in [1.29, 1.82) is 0 Å². The molecule has 0 saturated carbocycles. The third-order valence-corrected chi connectivity index (χ3v) is 5.70. The van der Waals surface area contributed by atoms with Crippen molar-refractivity contribution in [3.63, 3.8) is 0 Å². The number of anilines is 1. The third kappa shape index (κ3) is 4.02. The number of nitrogens with two attached hydrogens (primary N) is 1. The summed E-state index contributed by atoms with van der Waals surface area (Å²) in [5, 5.41) is 0. The average molecular weight is 373 g/mol. The minimum Gasteiger partial charge on any atom is -0.403 e. The first-order chi connectivity index (χ1) is 12.6. The fraction of sp³-hybridized carbons (Fsp3) is 0.429. The van der Waals surface area contributed by atoms with Crippen molar-refractivity contribution >= 4 is 12.8 Å². The van der Waals surface area contributed by atoms with Crippen LogP contribution in [0.5, 0.6) is 0 Å². The van der Waals surface area contributed by atoms with Crippen LogP contribution < -0.4 is 5.73 Å². The summed E-state index contributed by atoms with van der Waals surface area (Å²) < 4.78 is 40.2. The maximum atomic E-state index is 14.0. The van der Waals surface area contributed by atoms with E-state index >= 15 is 0 Å². The summed E-state index contributed by atoms with van der Waals surface area (Å²) in [6, 6.07) is 12.3. The summed E-state index contributed by atoms with van der Waals surface area (Å²) in [4.78, 5) is 0. The first-order valence-electron chi connectivity index (χ1n) is 9.26. The number of benzene rings is 2. The van der Waals surface area contributed by atoms with Crippen molar-refractivity contribution in [2.75, 3.05) is 5.73 Å². The van der Waals surface area contributed by atoms with Gasteiger partial charge in [0.05, 0.1) is 11.2 Å². The predicted octanol–water partition coefficient (Wildman–Crippen LogP) is 5.16. The van der Waals surface area contributed by atoms with Crippen LogP contribution in [0.1, 0.15) is 51.2 Å². The second-order valence-corrected chi connectivity index (χ2v) is 8.12. The van der Waals surface area contributed by atoms with Gasteiger partial charge in [0.25, 0.3) is 0 Å². The van der Waals surface area contributed by atoms with E-state index in [2.05, 4.69) is 0 Å². The molecule has 1 aliphatic rings. The molecule has 3 rings (SSSR count). The largest absolute Gasteiger partial charge is 0.457 e. The normalized spacial score (nSPS) is 19.3. The maximum absolute atomic E-state index is 14.0. The van der Waals surface area contributed by atoms with Crippen molar-refractivity contribution in [3.05, 3.63) is 65.2 Å². The fourth-order valence-electron chi connectivity index (χ4n) is 3.40. The Labute approximate surface area is 160 Å². The van der Waals surface area contributed by atoms with Crippen molar-refractivity contribution in [1.82, 2.24) is 0 Å². The number of hydrogen-bond acceptors (Lipinski definition) is 3. The van der Waals surface area contributed by atoms with Gasteiger partial charge in [0.2, 0.25) is 0 Å². The fourth-order valence-corrected chi connectivity index (χ4v) is 3.40. The zero-order chi connectivity index (χ0) is 19.8. The van der Waals surface area contributed by atoms with Gasteiger partial charge in [-0.3, -0.25) is 0 Å². The van der Waals surface area contributed by atoms with E-state index in [1.165, 1.54) is 12.1 Å². The lowest BCUT2D eigenvalue weighted by atomic mass is 9.76. The standard InChI is InChI=1S/C21H26BF2NO2/c1-20(2)21(3,4)27-22(26-20)11-10-16(14-8-6-5-7-9-14)15-12-17(23)19(25)18(24)13-15/h5-9,12-13,16H,10-11,25H2,1-4H3/t16-/m1/s1. The predicted molar refractivity (Wildman–Crippen MR) is 105 cm³/mol. The lowest BCUT2D eigenvalue weighted by Gasteiger charge is -2.32. The van der Waals surface area contributed by atoms with Crippen LogP contribution in [0.3, 0.4) is 0 Å². The van der Waals surface area contributed by atoms with Gasteiger partial charge in [-0.15, -0.1) is 0 Å². The van der Waals surface area contributed by atoms with E-state index in [0.717, 1.165) is 5.56 Å². The van der Waals surface area contributed by atoms with Crippen LogP contribution in [-0.4, -0.2) is 18.3 Å². The molecule has 2 aromatic rings. The maximum Gasteiger partial charge on any atom is 0.457 e. The molecule has 0 aromatic heterocycles. The highest BCUT2D eigenvalue weighted by Gasteiger charge is 2.50. The highest BCUT2D eigenvalue weighted by atomic mass is 19.1. The Hall–Kier alpha value is -1.92. The lowest BCUT2D eigenvalue weighted by Crippen LogP contribution is -2.41. The first-order valence-corrected chi connectivity index (χ1v) is 9.26. The molecule has 0 radical (unpaired) electrons. The van der Waals surface area contributed by atoms with E-state index in [0.29, 0.717) is 18.3 Å². The lowest BCUT2D eigenvalue weighted by molar-refractivity contribution is 0.00578. The van der Waals surface area contributed by atoms with Gasteiger partial charge in [0.15, 0.2) is 0 Å². The molecule has 0 unspecified atom stereocenters. The van der Waals surface area contributed by atoms with Gasteiger partial charge in [-0.05, 0) is 63.7 Å². The molecule has 0 amide bonds. The zero-order valence-corrected chi connectivity index (χ0v) is 16.3. The topological polar surface area (TPSA) is 44.5 Å². The van der Waals surface area contributed by atoms with Crippen LogP contribution in [0.15, 0.2) is 42.5 Å². The van der Waals surface area contributed by atoms with Gasteiger partial charge in [-0.1, -0.05) is 30.3 Å². The van der Waals surface area contributed by atoms with Crippen LogP contribution in [-0.2, 0) is 9.31 Å². The Morgan fingerprint density at radius 3 is 1.96 bits per heavy atom. The molecule has 1 saturated heterocycles. The van der Waals surface area contributed by atoms with Crippen molar-refractivity contribution in [2.24, 2.45) is 0 Å². The van der Waals surface area contributed by atoms with Gasteiger partial charge in [-0.25, -0.2) is 8.78 Å². The van der Waals surface area contributed by atoms with Crippen LogP contribution in [0, 0.1) is 11.6 Å². The first kappa shape index (κ1) is 19.8. The summed E-state index contributed by atoms with van der Waals surface area (Å²) in [6.07, 6.45) is 1.24. The molecule has 1 fully saturated rings. The molecule has 3 nitrogen and oxygen atoms in total. The molecule has 0 aliphatic carbocycles. The SMILES string of the molecule is CC1(C)OB(CC[C@H](c2ccccc2)c2cc(F)c(N)c(F)c2)OC1(C)C. The second-order valence-electron chi connectivity index (χ2n) is 8.12. The Morgan fingerprint density at radius 1 is 0.926 bits per heavy atom. The molecular formula is C21H26BF2NO2. The van der Waals surface area contributed by atoms with Crippen LogP contribution in [0.2, 0.25) is 6.32 Å². The van der Waals surface area contributed by atoms with E-state index in [1.54, 1.807) is 0 Å². The third-order valence-electron chi connectivity index (χ3n) is 5.70. The minimum absolute atomic E-state index is 0.185. The van der Waals surface area contributed by atoms with Crippen molar-refractivity contribution < 1.29 is 18.1 Å². The van der Waals surface area contributed by atoms with E-state index in [9.17, 15) is 8.78 Å². The Bertz CT molecular complexity index is 772. The number of hydrogen-bond donors (Lipinski definition) is 1. The van der Waals surface area contributed by atoms with Crippen LogP contribution >= 0.6 is 0 Å². The van der Waals surface area contributed by atoms with Gasteiger partial charge in [0, 0.05) is 5.92 Å². The molecule has 144 valence electrons. The quantitative estimate of drug-likeness (QED) is 0.582.